The zero-order valence-corrected chi connectivity index (χ0v) is 30.2. The Morgan fingerprint density at radius 3 is 2.00 bits per heavy atom. The van der Waals surface area contributed by atoms with E-state index in [0.717, 1.165) is 24.0 Å². The van der Waals surface area contributed by atoms with E-state index in [4.69, 9.17) is 21.9 Å². The molecule has 1 heterocycles. The van der Waals surface area contributed by atoms with Gasteiger partial charge in [0.1, 0.15) is 17.6 Å². The van der Waals surface area contributed by atoms with Gasteiger partial charge in [-0.2, -0.15) is 0 Å². The highest BCUT2D eigenvalue weighted by Crippen LogP contribution is 2.22. The van der Waals surface area contributed by atoms with E-state index in [9.17, 15) is 19.2 Å². The number of benzene rings is 2. The van der Waals surface area contributed by atoms with Crippen LogP contribution in [-0.4, -0.2) is 91.6 Å². The number of carbonyl (C=O) groups is 4. The number of amides is 3. The van der Waals surface area contributed by atoms with Crippen LogP contribution in [0.4, 0.5) is 0 Å². The van der Waals surface area contributed by atoms with E-state index < -0.39 is 41.4 Å². The van der Waals surface area contributed by atoms with Crippen molar-refractivity contribution in [2.75, 3.05) is 33.3 Å². The molecule has 5 atom stereocenters. The van der Waals surface area contributed by atoms with Crippen molar-refractivity contribution < 1.29 is 23.9 Å². The fourth-order valence-corrected chi connectivity index (χ4v) is 6.39. The van der Waals surface area contributed by atoms with Gasteiger partial charge in [-0.3, -0.25) is 19.2 Å². The molecule has 3 amide bonds. The summed E-state index contributed by atoms with van der Waals surface area (Å²) in [4.78, 5) is 55.8. The van der Waals surface area contributed by atoms with Gasteiger partial charge in [-0.15, -0.1) is 0 Å². The lowest BCUT2D eigenvalue weighted by atomic mass is 9.88. The number of rotatable bonds is 19. The van der Waals surface area contributed by atoms with E-state index in [2.05, 4.69) is 20.9 Å². The van der Waals surface area contributed by atoms with Crippen LogP contribution in [0.3, 0.4) is 0 Å². The smallest absolute Gasteiger partial charge is 0.325 e. The maximum atomic E-state index is 14.0. The lowest BCUT2D eigenvalue weighted by Crippen LogP contribution is -2.59. The summed E-state index contributed by atoms with van der Waals surface area (Å²) >= 11 is 0. The average Bonchev–Trinajstić information content (AvgIpc) is 3.11. The number of likely N-dealkylation sites (tertiary alicyclic amines) is 1. The molecule has 0 aliphatic carbocycles. The van der Waals surface area contributed by atoms with Crippen molar-refractivity contribution in [3.05, 3.63) is 71.8 Å². The minimum atomic E-state index is -1.01. The molecule has 3 rings (SSSR count). The number of hydrogen-bond donors (Lipinski definition) is 6. The molecule has 12 heteroatoms. The van der Waals surface area contributed by atoms with Crippen LogP contribution < -0.4 is 33.2 Å². The lowest BCUT2D eigenvalue weighted by molar-refractivity contribution is -0.149. The fourth-order valence-electron chi connectivity index (χ4n) is 6.39. The minimum Gasteiger partial charge on any atom is -0.468 e. The monoisotopic (exact) mass is 693 g/mol. The predicted octanol–water partition coefficient (Wildman–Crippen LogP) is 1.96. The summed E-state index contributed by atoms with van der Waals surface area (Å²) in [6.45, 7) is 8.17. The van der Waals surface area contributed by atoms with Crippen molar-refractivity contribution in [2.24, 2.45) is 23.1 Å². The maximum Gasteiger partial charge on any atom is 0.325 e. The van der Waals surface area contributed by atoms with Crippen molar-refractivity contribution in [1.82, 2.24) is 20.9 Å². The normalized spacial score (nSPS) is 17.5. The zero-order valence-electron chi connectivity index (χ0n) is 30.2. The van der Waals surface area contributed by atoms with Crippen molar-refractivity contribution >= 4 is 23.7 Å². The first kappa shape index (κ1) is 40.6. The summed E-state index contributed by atoms with van der Waals surface area (Å²) < 4.78 is 4.91. The molecule has 1 fully saturated rings. The van der Waals surface area contributed by atoms with Crippen molar-refractivity contribution in [1.29, 1.82) is 0 Å². The standard InChI is InChI=1S/C38H59N7O5/c1-26(2)23-31(34(46)42-30(17-11-12-20-39)25-45-21-18-38(41,19-22-45)37(49)50-4)43-35(47)32(24-28-13-7-5-8-14-28)44-36(48)33(40)27(3)29-15-9-6-10-16-29/h5-10,13-16,26-27,30-33H,11-12,17-25,39-41H2,1-4H3,(H,42,46)(H,43,47)(H,44,48)/t27-,30-,31-,32-,33-/m1/s1. The van der Waals surface area contributed by atoms with E-state index in [1.165, 1.54) is 7.11 Å². The number of hydrogen-bond acceptors (Lipinski definition) is 9. The van der Waals surface area contributed by atoms with E-state index >= 15 is 0 Å². The minimum absolute atomic E-state index is 0.0992. The Labute approximate surface area is 297 Å². The quantitative estimate of drug-likeness (QED) is 0.0942. The van der Waals surface area contributed by atoms with Crippen LogP contribution in [0.5, 0.6) is 0 Å². The second kappa shape index (κ2) is 20.1. The second-order valence-electron chi connectivity index (χ2n) is 14.1. The van der Waals surface area contributed by atoms with E-state index in [0.29, 0.717) is 51.9 Å². The summed E-state index contributed by atoms with van der Waals surface area (Å²) in [5.41, 5.74) is 19.3. The largest absolute Gasteiger partial charge is 0.468 e. The molecule has 0 saturated carbocycles. The number of methoxy groups -OCH3 is 1. The molecular weight excluding hydrogens is 634 g/mol. The van der Waals surface area contributed by atoms with Gasteiger partial charge in [0.25, 0.3) is 0 Å². The predicted molar refractivity (Wildman–Crippen MR) is 196 cm³/mol. The number of ether oxygens (including phenoxy) is 1. The van der Waals surface area contributed by atoms with Gasteiger partial charge < -0.3 is 42.8 Å². The summed E-state index contributed by atoms with van der Waals surface area (Å²) in [6, 6.07) is 16.1. The van der Waals surface area contributed by atoms with Gasteiger partial charge in [0.2, 0.25) is 17.7 Å². The van der Waals surface area contributed by atoms with Crippen LogP contribution in [0.2, 0.25) is 0 Å². The molecule has 0 spiro atoms. The summed E-state index contributed by atoms with van der Waals surface area (Å²) in [7, 11) is 1.35. The van der Waals surface area contributed by atoms with Gasteiger partial charge in [-0.25, -0.2) is 0 Å². The maximum absolute atomic E-state index is 14.0. The highest BCUT2D eigenvalue weighted by Gasteiger charge is 2.39. The third kappa shape index (κ3) is 12.5. The molecule has 2 aromatic rings. The first-order valence-electron chi connectivity index (χ1n) is 17.9. The third-order valence-electron chi connectivity index (χ3n) is 9.59. The van der Waals surface area contributed by atoms with Gasteiger partial charge >= 0.3 is 5.97 Å². The van der Waals surface area contributed by atoms with Crippen LogP contribution >= 0.6 is 0 Å². The molecule has 0 aromatic heterocycles. The molecule has 0 unspecified atom stereocenters. The first-order chi connectivity index (χ1) is 23.9. The molecule has 9 N–H and O–H groups in total. The van der Waals surface area contributed by atoms with Crippen molar-refractivity contribution in [2.45, 2.75) is 101 Å². The van der Waals surface area contributed by atoms with Gasteiger partial charge in [0.05, 0.1) is 13.2 Å². The number of carbonyl (C=O) groups excluding carboxylic acids is 4. The summed E-state index contributed by atoms with van der Waals surface area (Å²) in [6.07, 6.45) is 3.89. The molecule has 1 aliphatic rings. The highest BCUT2D eigenvalue weighted by atomic mass is 16.5. The van der Waals surface area contributed by atoms with Gasteiger partial charge in [-0.1, -0.05) is 87.9 Å². The molecular formula is C38H59N7O5. The van der Waals surface area contributed by atoms with E-state index in [-0.39, 0.29) is 30.2 Å². The Bertz CT molecular complexity index is 1350. The number of esters is 1. The number of nitrogens with two attached hydrogens (primary N) is 3. The Morgan fingerprint density at radius 2 is 1.42 bits per heavy atom. The molecule has 1 aliphatic heterocycles. The van der Waals surface area contributed by atoms with Crippen LogP contribution in [0.1, 0.15) is 76.3 Å². The molecule has 50 heavy (non-hydrogen) atoms. The molecule has 2 aromatic carbocycles. The Hall–Kier alpha value is -3.84. The lowest BCUT2D eigenvalue weighted by Gasteiger charge is -2.38. The van der Waals surface area contributed by atoms with E-state index in [1.54, 1.807) is 0 Å². The summed E-state index contributed by atoms with van der Waals surface area (Å²) in [5, 5.41) is 9.07. The summed E-state index contributed by atoms with van der Waals surface area (Å²) in [5.74, 6) is -1.79. The van der Waals surface area contributed by atoms with E-state index in [1.807, 2.05) is 81.4 Å². The molecule has 12 nitrogen and oxygen atoms in total. The Balaban J connectivity index is 1.75. The van der Waals surface area contributed by atoms with Crippen molar-refractivity contribution in [3.8, 4) is 0 Å². The molecule has 0 radical (unpaired) electrons. The highest BCUT2D eigenvalue weighted by molar-refractivity contribution is 5.93. The van der Waals surface area contributed by atoms with Gasteiger partial charge in [0, 0.05) is 38.0 Å². The Morgan fingerprint density at radius 1 is 0.840 bits per heavy atom. The third-order valence-corrected chi connectivity index (χ3v) is 9.59. The van der Waals surface area contributed by atoms with Crippen LogP contribution in [0, 0.1) is 5.92 Å². The Kier molecular flexibility index (Phi) is 16.3. The molecule has 1 saturated heterocycles. The SMILES string of the molecule is COC(=O)C1(N)CCN(C[C@@H](CCCCN)NC(=O)[C@@H](CC(C)C)NC(=O)[C@@H](Cc2ccccc2)NC(=O)[C@H](N)[C@H](C)c2ccccc2)CC1. The van der Waals surface area contributed by atoms with Gasteiger partial charge in [0.15, 0.2) is 0 Å². The number of piperidine rings is 1. The molecule has 276 valence electrons. The number of nitrogens with one attached hydrogen (secondary N) is 3. The number of unbranched alkanes of at least 4 members (excludes halogenated alkanes) is 1. The fraction of sp³-hybridized carbons (Fsp3) is 0.579. The van der Waals surface area contributed by atoms with Crippen LogP contribution in [0.25, 0.3) is 0 Å². The van der Waals surface area contributed by atoms with Crippen molar-refractivity contribution in [3.63, 3.8) is 0 Å². The molecule has 0 bridgehead atoms. The number of nitrogens with zero attached hydrogens (tertiary/aromatic N) is 1. The van der Waals surface area contributed by atoms with Crippen LogP contribution in [0.15, 0.2) is 60.7 Å². The van der Waals surface area contributed by atoms with Gasteiger partial charge in [-0.05, 0) is 55.7 Å². The second-order valence-corrected chi connectivity index (χ2v) is 14.1. The van der Waals surface area contributed by atoms with Crippen LogP contribution in [-0.2, 0) is 30.3 Å². The zero-order chi connectivity index (χ0) is 36.7. The first-order valence-corrected chi connectivity index (χ1v) is 17.9. The topological polar surface area (TPSA) is 195 Å². The average molecular weight is 694 g/mol.